The number of likely N-dealkylation sites (N-methyl/N-ethyl adjacent to an activating group) is 1. The third kappa shape index (κ3) is 4.25. The molecular weight excluding hydrogens is 391 g/mol. The summed E-state index contributed by atoms with van der Waals surface area (Å²) in [5.41, 5.74) is -0.680. The number of carbonyl (C=O) groups is 2. The lowest BCUT2D eigenvalue weighted by Gasteiger charge is -2.26. The lowest BCUT2D eigenvalue weighted by molar-refractivity contribution is -0.131. The fourth-order valence-electron chi connectivity index (χ4n) is 3.23. The summed E-state index contributed by atoms with van der Waals surface area (Å²) in [5.74, 6) is -1.13. The second-order valence-corrected chi connectivity index (χ2v) is 6.91. The first-order valence-corrected chi connectivity index (χ1v) is 9.39. The molecule has 2 amide bonds. The fourth-order valence-corrected chi connectivity index (χ4v) is 3.23. The van der Waals surface area contributed by atoms with E-state index in [0.29, 0.717) is 17.9 Å². The van der Waals surface area contributed by atoms with Crippen LogP contribution in [0.2, 0.25) is 0 Å². The Kier molecular flexibility index (Phi) is 6.31. The number of hydrogen-bond acceptors (Lipinski definition) is 6. The van der Waals surface area contributed by atoms with Crippen molar-refractivity contribution in [3.8, 4) is 0 Å². The third-order valence-electron chi connectivity index (χ3n) is 4.98. The van der Waals surface area contributed by atoms with Crippen LogP contribution in [0, 0.1) is 11.2 Å². The van der Waals surface area contributed by atoms with Crippen LogP contribution in [0.25, 0.3) is 0 Å². The van der Waals surface area contributed by atoms with E-state index < -0.39 is 24.0 Å². The second kappa shape index (κ2) is 8.91. The fraction of sp³-hybridized carbons (Fsp3) is 0.286. The van der Waals surface area contributed by atoms with E-state index in [1.807, 2.05) is 0 Å². The van der Waals surface area contributed by atoms with E-state index in [1.165, 1.54) is 25.3 Å². The van der Waals surface area contributed by atoms with Gasteiger partial charge in [0, 0.05) is 24.7 Å². The van der Waals surface area contributed by atoms with Crippen molar-refractivity contribution in [1.82, 2.24) is 16.0 Å². The quantitative estimate of drug-likeness (QED) is 0.420. The molecule has 158 valence electrons. The van der Waals surface area contributed by atoms with E-state index in [2.05, 4.69) is 16.0 Å². The van der Waals surface area contributed by atoms with Crippen molar-refractivity contribution in [2.45, 2.75) is 18.6 Å². The molecule has 0 bridgehead atoms. The van der Waals surface area contributed by atoms with Gasteiger partial charge in [-0.2, -0.15) is 0 Å². The molecule has 1 saturated heterocycles. The van der Waals surface area contributed by atoms with Crippen LogP contribution in [0.1, 0.15) is 12.0 Å². The average molecular weight is 414 g/mol. The summed E-state index contributed by atoms with van der Waals surface area (Å²) in [6, 6.07) is 6.23. The second-order valence-electron chi connectivity index (χ2n) is 6.91. The number of allylic oxidation sites excluding steroid dienone is 4. The van der Waals surface area contributed by atoms with Gasteiger partial charge in [0.15, 0.2) is 0 Å². The molecule has 1 aromatic rings. The van der Waals surface area contributed by atoms with E-state index in [-0.39, 0.29) is 35.8 Å². The Hall–Kier alpha value is -3.46. The van der Waals surface area contributed by atoms with Gasteiger partial charge in [-0.1, -0.05) is 18.2 Å². The minimum absolute atomic E-state index is 0.0155. The van der Waals surface area contributed by atoms with E-state index in [9.17, 15) is 19.1 Å². The Labute approximate surface area is 173 Å². The van der Waals surface area contributed by atoms with Crippen LogP contribution < -0.4 is 16.0 Å². The average Bonchev–Trinajstić information content (AvgIpc) is 3.10. The number of nitrogens with one attached hydrogen (secondary N) is 4. The van der Waals surface area contributed by atoms with Crippen LogP contribution in [0.15, 0.2) is 59.5 Å². The molecule has 1 aliphatic carbocycles. The number of amides is 2. The van der Waals surface area contributed by atoms with Crippen LogP contribution in [0.5, 0.6) is 0 Å². The first kappa shape index (κ1) is 21.3. The number of ether oxygens (including phenoxy) is 1. The molecule has 1 atom stereocenters. The molecular formula is C21H23FN4O4. The molecule has 0 spiro atoms. The monoisotopic (exact) mass is 414 g/mol. The standard InChI is InChI=1S/C21H23FN4O4/c1-24-18(19(28)26-21(12-27)8-9-25-20(21)29)15-10-14(6-7-17(15)23)30-11-13-4-2-3-5-16(13)22/h2-7,10,23-24,27H,8-9,11-12H2,1H3,(H,25,29)(H,26,28)/b18-15-,23-17?. The molecule has 2 aliphatic rings. The number of halogens is 1. The maximum atomic E-state index is 13.8. The van der Waals surface area contributed by atoms with Gasteiger partial charge in [-0.05, 0) is 30.7 Å². The van der Waals surface area contributed by atoms with Gasteiger partial charge < -0.3 is 31.2 Å². The number of carbonyl (C=O) groups excluding carboxylic acids is 2. The highest BCUT2D eigenvalue weighted by Crippen LogP contribution is 2.21. The number of rotatable bonds is 7. The first-order chi connectivity index (χ1) is 14.4. The Morgan fingerprint density at radius 2 is 2.13 bits per heavy atom. The number of hydrogen-bond donors (Lipinski definition) is 5. The molecule has 1 fully saturated rings. The van der Waals surface area contributed by atoms with Crippen LogP contribution in [-0.4, -0.2) is 48.4 Å². The van der Waals surface area contributed by atoms with Crippen molar-refractivity contribution in [3.63, 3.8) is 0 Å². The van der Waals surface area contributed by atoms with Gasteiger partial charge >= 0.3 is 0 Å². The smallest absolute Gasteiger partial charge is 0.268 e. The van der Waals surface area contributed by atoms with Crippen LogP contribution in [0.3, 0.4) is 0 Å². The van der Waals surface area contributed by atoms with Gasteiger partial charge in [0.1, 0.15) is 29.4 Å². The molecule has 1 unspecified atom stereocenters. The van der Waals surface area contributed by atoms with Crippen LogP contribution in [0.4, 0.5) is 4.39 Å². The van der Waals surface area contributed by atoms with Crippen molar-refractivity contribution in [3.05, 3.63) is 70.9 Å². The molecule has 1 aromatic carbocycles. The van der Waals surface area contributed by atoms with Gasteiger partial charge in [0.2, 0.25) is 5.91 Å². The molecule has 8 nitrogen and oxygen atoms in total. The lowest BCUT2D eigenvalue weighted by Crippen LogP contribution is -2.57. The number of aliphatic hydroxyl groups excluding tert-OH is 1. The predicted octanol–water partition coefficient (Wildman–Crippen LogP) is 0.656. The Bertz CT molecular complexity index is 970. The Morgan fingerprint density at radius 1 is 1.37 bits per heavy atom. The highest BCUT2D eigenvalue weighted by atomic mass is 19.1. The molecule has 0 aromatic heterocycles. The Morgan fingerprint density at radius 3 is 2.77 bits per heavy atom. The summed E-state index contributed by atoms with van der Waals surface area (Å²) < 4.78 is 19.4. The first-order valence-electron chi connectivity index (χ1n) is 9.39. The van der Waals surface area contributed by atoms with E-state index >= 15 is 0 Å². The summed E-state index contributed by atoms with van der Waals surface area (Å²) in [6.45, 7) is -0.211. The Balaban J connectivity index is 1.82. The van der Waals surface area contributed by atoms with Gasteiger partial charge in [-0.15, -0.1) is 0 Å². The number of aliphatic hydroxyl groups is 1. The molecule has 1 aliphatic heterocycles. The topological polar surface area (TPSA) is 124 Å². The molecule has 0 radical (unpaired) electrons. The zero-order chi connectivity index (χ0) is 21.7. The van der Waals surface area contributed by atoms with Gasteiger partial charge in [-0.25, -0.2) is 4.39 Å². The summed E-state index contributed by atoms with van der Waals surface area (Å²) in [4.78, 5) is 24.9. The van der Waals surface area contributed by atoms with Crippen molar-refractivity contribution in [2.24, 2.45) is 0 Å². The van der Waals surface area contributed by atoms with Crippen molar-refractivity contribution in [1.29, 1.82) is 5.41 Å². The SMILES string of the molecule is CN/C(C(=O)NC1(CO)CCNC1=O)=C1/C=C(OCc2ccccc2F)C=CC1=N. The van der Waals surface area contributed by atoms with Crippen molar-refractivity contribution < 1.29 is 23.8 Å². The third-order valence-corrected chi connectivity index (χ3v) is 4.98. The number of benzene rings is 1. The predicted molar refractivity (Wildman–Crippen MR) is 108 cm³/mol. The summed E-state index contributed by atoms with van der Waals surface area (Å²) in [5, 5.41) is 25.7. The molecule has 0 saturated carbocycles. The maximum Gasteiger partial charge on any atom is 0.268 e. The molecule has 5 N–H and O–H groups in total. The van der Waals surface area contributed by atoms with E-state index in [1.54, 1.807) is 24.3 Å². The highest BCUT2D eigenvalue weighted by Gasteiger charge is 2.43. The molecule has 3 rings (SSSR count). The maximum absolute atomic E-state index is 13.8. The van der Waals surface area contributed by atoms with E-state index in [4.69, 9.17) is 10.1 Å². The largest absolute Gasteiger partial charge is 0.489 e. The van der Waals surface area contributed by atoms with Crippen molar-refractivity contribution in [2.75, 3.05) is 20.2 Å². The zero-order valence-electron chi connectivity index (χ0n) is 16.4. The minimum Gasteiger partial charge on any atom is -0.489 e. The van der Waals surface area contributed by atoms with Crippen LogP contribution >= 0.6 is 0 Å². The molecule has 30 heavy (non-hydrogen) atoms. The zero-order valence-corrected chi connectivity index (χ0v) is 16.4. The summed E-state index contributed by atoms with van der Waals surface area (Å²) >= 11 is 0. The van der Waals surface area contributed by atoms with Gasteiger partial charge in [0.05, 0.1) is 12.3 Å². The van der Waals surface area contributed by atoms with Crippen molar-refractivity contribution >= 4 is 17.5 Å². The molecule has 9 heteroatoms. The van der Waals surface area contributed by atoms with Gasteiger partial charge in [-0.3, -0.25) is 9.59 Å². The summed E-state index contributed by atoms with van der Waals surface area (Å²) in [6.07, 6.45) is 4.76. The van der Waals surface area contributed by atoms with Gasteiger partial charge in [0.25, 0.3) is 5.91 Å². The van der Waals surface area contributed by atoms with Crippen LogP contribution in [-0.2, 0) is 20.9 Å². The summed E-state index contributed by atoms with van der Waals surface area (Å²) in [7, 11) is 1.52. The lowest BCUT2D eigenvalue weighted by atomic mass is 9.97. The molecule has 1 heterocycles. The minimum atomic E-state index is -1.40. The highest BCUT2D eigenvalue weighted by molar-refractivity contribution is 6.15. The van der Waals surface area contributed by atoms with E-state index in [0.717, 1.165) is 0 Å². The normalized spacial score (nSPS) is 22.3.